The molecule has 0 N–H and O–H groups in total. The van der Waals surface area contributed by atoms with Crippen LogP contribution in [0.2, 0.25) is 0 Å². The Morgan fingerprint density at radius 1 is 1.04 bits per heavy atom. The molecule has 0 radical (unpaired) electrons. The zero-order chi connectivity index (χ0) is 19.6. The third kappa shape index (κ3) is 3.70. The summed E-state index contributed by atoms with van der Waals surface area (Å²) in [6.07, 6.45) is 1.52. The normalized spacial score (nSPS) is 17.7. The van der Waals surface area contributed by atoms with E-state index in [0.717, 1.165) is 18.4 Å². The standard InChI is InChI=1S/C20H23NO5S/c1-14(22)15-6-9-17(10-7-15)27(23,24)21-12-4-5-18(21)16-8-11-19(25-2)20(13-16)26-3/h6-11,13,18H,4-5,12H2,1-3H3. The lowest BCUT2D eigenvalue weighted by atomic mass is 10.0. The van der Waals surface area contributed by atoms with Crippen molar-refractivity contribution < 1.29 is 22.7 Å². The topological polar surface area (TPSA) is 72.9 Å². The molecule has 144 valence electrons. The third-order valence-electron chi connectivity index (χ3n) is 4.86. The molecule has 0 amide bonds. The van der Waals surface area contributed by atoms with Gasteiger partial charge in [-0.3, -0.25) is 4.79 Å². The highest BCUT2D eigenvalue weighted by Gasteiger charge is 2.36. The van der Waals surface area contributed by atoms with E-state index < -0.39 is 10.0 Å². The first kappa shape index (κ1) is 19.4. The Balaban J connectivity index is 1.94. The number of hydrogen-bond donors (Lipinski definition) is 0. The minimum atomic E-state index is -3.66. The van der Waals surface area contributed by atoms with Gasteiger partial charge >= 0.3 is 0 Å². The Bertz CT molecular complexity index is 937. The number of Topliss-reactive ketones (excluding diaryl/α,β-unsaturated/α-hetero) is 1. The first-order valence-corrected chi connectivity index (χ1v) is 10.2. The molecule has 1 aliphatic rings. The molecule has 7 heteroatoms. The summed E-state index contributed by atoms with van der Waals surface area (Å²) in [6.45, 7) is 1.91. The molecule has 6 nitrogen and oxygen atoms in total. The Morgan fingerprint density at radius 3 is 2.30 bits per heavy atom. The number of carbonyl (C=O) groups excluding carboxylic acids is 1. The number of sulfonamides is 1. The van der Waals surface area contributed by atoms with E-state index >= 15 is 0 Å². The molecule has 0 bridgehead atoms. The molecule has 1 heterocycles. The van der Waals surface area contributed by atoms with Gasteiger partial charge in [-0.2, -0.15) is 4.31 Å². The maximum Gasteiger partial charge on any atom is 0.243 e. The summed E-state index contributed by atoms with van der Waals surface area (Å²) in [5.74, 6) is 1.09. The second-order valence-electron chi connectivity index (χ2n) is 6.47. The Kier molecular flexibility index (Phi) is 5.53. The number of nitrogens with zero attached hydrogens (tertiary/aromatic N) is 1. The molecule has 27 heavy (non-hydrogen) atoms. The lowest BCUT2D eigenvalue weighted by molar-refractivity contribution is 0.101. The van der Waals surface area contributed by atoms with Crippen molar-refractivity contribution in [3.63, 3.8) is 0 Å². The van der Waals surface area contributed by atoms with E-state index in [1.54, 1.807) is 32.4 Å². The van der Waals surface area contributed by atoms with E-state index in [4.69, 9.17) is 9.47 Å². The lowest BCUT2D eigenvalue weighted by Crippen LogP contribution is -2.30. The summed E-state index contributed by atoms with van der Waals surface area (Å²) in [5.41, 5.74) is 1.36. The van der Waals surface area contributed by atoms with Crippen LogP contribution in [0.25, 0.3) is 0 Å². The quantitative estimate of drug-likeness (QED) is 0.708. The molecule has 1 unspecified atom stereocenters. The molecular weight excluding hydrogens is 366 g/mol. The average molecular weight is 389 g/mol. The molecule has 1 saturated heterocycles. The number of ketones is 1. The highest BCUT2D eigenvalue weighted by atomic mass is 32.2. The summed E-state index contributed by atoms with van der Waals surface area (Å²) in [7, 11) is -0.543. The van der Waals surface area contributed by atoms with Crippen LogP contribution in [0.1, 0.15) is 41.7 Å². The van der Waals surface area contributed by atoms with Crippen molar-refractivity contribution in [3.05, 3.63) is 53.6 Å². The van der Waals surface area contributed by atoms with Crippen molar-refractivity contribution in [1.29, 1.82) is 0 Å². The zero-order valence-electron chi connectivity index (χ0n) is 15.6. The fourth-order valence-corrected chi connectivity index (χ4v) is 5.10. The second-order valence-corrected chi connectivity index (χ2v) is 8.36. The zero-order valence-corrected chi connectivity index (χ0v) is 16.5. The van der Waals surface area contributed by atoms with Gasteiger partial charge in [0.2, 0.25) is 10.0 Å². The summed E-state index contributed by atoms with van der Waals surface area (Å²) >= 11 is 0. The van der Waals surface area contributed by atoms with Crippen LogP contribution in [0.15, 0.2) is 47.4 Å². The van der Waals surface area contributed by atoms with Crippen molar-refractivity contribution >= 4 is 15.8 Å². The van der Waals surface area contributed by atoms with Gasteiger partial charge in [0.1, 0.15) is 0 Å². The number of carbonyl (C=O) groups is 1. The molecule has 0 spiro atoms. The third-order valence-corrected chi connectivity index (χ3v) is 6.79. The molecule has 0 aliphatic carbocycles. The fourth-order valence-electron chi connectivity index (χ4n) is 3.42. The summed E-state index contributed by atoms with van der Waals surface area (Å²) in [5, 5.41) is 0. The van der Waals surface area contributed by atoms with Crippen LogP contribution in [0.5, 0.6) is 11.5 Å². The Morgan fingerprint density at radius 2 is 1.70 bits per heavy atom. The summed E-state index contributed by atoms with van der Waals surface area (Å²) in [4.78, 5) is 11.6. The van der Waals surface area contributed by atoms with E-state index in [1.165, 1.54) is 23.4 Å². The van der Waals surface area contributed by atoms with Crippen molar-refractivity contribution in [3.8, 4) is 11.5 Å². The van der Waals surface area contributed by atoms with E-state index in [2.05, 4.69) is 0 Å². The molecular formula is C20H23NO5S. The summed E-state index contributed by atoms with van der Waals surface area (Å²) in [6, 6.07) is 11.3. The van der Waals surface area contributed by atoms with Crippen LogP contribution in [-0.4, -0.2) is 39.3 Å². The van der Waals surface area contributed by atoms with Crippen LogP contribution in [-0.2, 0) is 10.0 Å². The van der Waals surface area contributed by atoms with Gasteiger partial charge in [0, 0.05) is 12.1 Å². The molecule has 0 aromatic heterocycles. The van der Waals surface area contributed by atoms with E-state index in [9.17, 15) is 13.2 Å². The molecule has 2 aromatic rings. The first-order chi connectivity index (χ1) is 12.9. The molecule has 0 saturated carbocycles. The largest absolute Gasteiger partial charge is 0.493 e. The minimum absolute atomic E-state index is 0.0941. The molecule has 3 rings (SSSR count). The van der Waals surface area contributed by atoms with Gasteiger partial charge in [0.25, 0.3) is 0 Å². The fraction of sp³-hybridized carbons (Fsp3) is 0.350. The van der Waals surface area contributed by atoms with Crippen LogP contribution in [0, 0.1) is 0 Å². The lowest BCUT2D eigenvalue weighted by Gasteiger charge is -2.25. The van der Waals surface area contributed by atoms with Crippen LogP contribution in [0.3, 0.4) is 0 Å². The van der Waals surface area contributed by atoms with Gasteiger partial charge in [0.15, 0.2) is 17.3 Å². The Hall–Kier alpha value is -2.38. The van der Waals surface area contributed by atoms with E-state index in [0.29, 0.717) is 23.6 Å². The number of benzene rings is 2. The van der Waals surface area contributed by atoms with Gasteiger partial charge in [-0.25, -0.2) is 8.42 Å². The average Bonchev–Trinajstić information content (AvgIpc) is 3.18. The minimum Gasteiger partial charge on any atom is -0.493 e. The van der Waals surface area contributed by atoms with Gasteiger partial charge in [-0.1, -0.05) is 18.2 Å². The van der Waals surface area contributed by atoms with Crippen molar-refractivity contribution in [1.82, 2.24) is 4.31 Å². The van der Waals surface area contributed by atoms with Crippen molar-refractivity contribution in [2.75, 3.05) is 20.8 Å². The molecule has 1 atom stereocenters. The van der Waals surface area contributed by atoms with Gasteiger partial charge < -0.3 is 9.47 Å². The van der Waals surface area contributed by atoms with Crippen molar-refractivity contribution in [2.45, 2.75) is 30.7 Å². The smallest absolute Gasteiger partial charge is 0.243 e. The highest BCUT2D eigenvalue weighted by Crippen LogP contribution is 2.39. The monoisotopic (exact) mass is 389 g/mol. The number of rotatable bonds is 6. The molecule has 1 fully saturated rings. The predicted molar refractivity (Wildman–Crippen MR) is 102 cm³/mol. The molecule has 2 aromatic carbocycles. The Labute approximate surface area is 159 Å². The van der Waals surface area contributed by atoms with Crippen LogP contribution < -0.4 is 9.47 Å². The van der Waals surface area contributed by atoms with Crippen LogP contribution in [0.4, 0.5) is 0 Å². The highest BCUT2D eigenvalue weighted by molar-refractivity contribution is 7.89. The van der Waals surface area contributed by atoms with Gasteiger partial charge in [-0.15, -0.1) is 0 Å². The number of methoxy groups -OCH3 is 2. The van der Waals surface area contributed by atoms with E-state index in [1.807, 2.05) is 12.1 Å². The van der Waals surface area contributed by atoms with Crippen molar-refractivity contribution in [2.24, 2.45) is 0 Å². The summed E-state index contributed by atoms with van der Waals surface area (Å²) < 4.78 is 38.5. The van der Waals surface area contributed by atoms with Gasteiger partial charge in [0.05, 0.1) is 25.2 Å². The van der Waals surface area contributed by atoms with Crippen LogP contribution >= 0.6 is 0 Å². The number of ether oxygens (including phenoxy) is 2. The molecule has 1 aliphatic heterocycles. The number of hydrogen-bond acceptors (Lipinski definition) is 5. The SMILES string of the molecule is COc1ccc(C2CCCN2S(=O)(=O)c2ccc(C(C)=O)cc2)cc1OC. The second kappa shape index (κ2) is 7.70. The predicted octanol–water partition coefficient (Wildman–Crippen LogP) is 3.43. The maximum atomic E-state index is 13.2. The maximum absolute atomic E-state index is 13.2. The first-order valence-electron chi connectivity index (χ1n) is 8.73. The van der Waals surface area contributed by atoms with Gasteiger partial charge in [-0.05, 0) is 49.6 Å². The van der Waals surface area contributed by atoms with E-state index in [-0.39, 0.29) is 16.7 Å².